The van der Waals surface area contributed by atoms with E-state index in [0.29, 0.717) is 22.1 Å². The topological polar surface area (TPSA) is 93.7 Å². The average Bonchev–Trinajstić information content (AvgIpc) is 3.33. The molecule has 0 bridgehead atoms. The van der Waals surface area contributed by atoms with Crippen LogP contribution in [0, 0.1) is 5.92 Å². The highest BCUT2D eigenvalue weighted by Gasteiger charge is 2.26. The predicted octanol–water partition coefficient (Wildman–Crippen LogP) is 4.13. The first kappa shape index (κ1) is 23.0. The first-order chi connectivity index (χ1) is 15.4. The van der Waals surface area contributed by atoms with Crippen molar-refractivity contribution in [2.75, 3.05) is 11.9 Å². The Hall–Kier alpha value is -3.65. The summed E-state index contributed by atoms with van der Waals surface area (Å²) in [6.45, 7) is 3.42. The van der Waals surface area contributed by atoms with Crippen LogP contribution in [0.1, 0.15) is 23.5 Å². The van der Waals surface area contributed by atoms with Crippen LogP contribution in [0.2, 0.25) is 0 Å². The van der Waals surface area contributed by atoms with Gasteiger partial charge in [-0.3, -0.25) is 9.59 Å². The number of benzene rings is 2. The van der Waals surface area contributed by atoms with Crippen LogP contribution in [0.5, 0.6) is 11.5 Å². The molecule has 0 saturated carbocycles. The van der Waals surface area contributed by atoms with E-state index in [1.807, 2.05) is 25.3 Å². The number of carbonyl (C=O) groups is 3. The number of hydrogen-bond acceptors (Lipinski definition) is 6. The highest BCUT2D eigenvalue weighted by Crippen LogP contribution is 2.19. The summed E-state index contributed by atoms with van der Waals surface area (Å²) in [5.41, 5.74) is 0.579. The Morgan fingerprint density at radius 3 is 2.25 bits per heavy atom. The number of hydrogen-bond donors (Lipinski definition) is 2. The van der Waals surface area contributed by atoms with Gasteiger partial charge in [-0.15, -0.1) is 11.3 Å². The number of para-hydroxylation sites is 1. The number of amides is 2. The highest BCUT2D eigenvalue weighted by atomic mass is 32.1. The summed E-state index contributed by atoms with van der Waals surface area (Å²) in [7, 11) is 0. The molecular formula is C24H24N2O5S. The van der Waals surface area contributed by atoms with Crippen molar-refractivity contribution in [1.29, 1.82) is 0 Å². The van der Waals surface area contributed by atoms with Crippen molar-refractivity contribution >= 4 is 34.8 Å². The van der Waals surface area contributed by atoms with E-state index in [1.165, 1.54) is 11.3 Å². The standard InChI is InChI=1S/C24H24N2O5S/c1-16(2)22(26-21(27)15-30-18-7-4-3-5-8-18)24(29)31-19-12-10-17(11-13-19)25-23(28)20-9-6-14-32-20/h3-14,16,22H,15H2,1-2H3,(H,25,28)(H,26,27)/t22-/m0/s1. The molecule has 2 N–H and O–H groups in total. The molecule has 2 aromatic carbocycles. The Bertz CT molecular complexity index is 1030. The lowest BCUT2D eigenvalue weighted by molar-refractivity contribution is -0.141. The molecule has 1 heterocycles. The number of nitrogens with one attached hydrogen (secondary N) is 2. The molecule has 3 aromatic rings. The number of rotatable bonds is 9. The van der Waals surface area contributed by atoms with Gasteiger partial charge >= 0.3 is 5.97 Å². The monoisotopic (exact) mass is 452 g/mol. The van der Waals surface area contributed by atoms with Crippen LogP contribution in [0.15, 0.2) is 72.1 Å². The summed E-state index contributed by atoms with van der Waals surface area (Å²) in [6, 6.07) is 18.1. The second kappa shape index (κ2) is 11.1. The Kier molecular flexibility index (Phi) is 7.99. The van der Waals surface area contributed by atoms with Crippen molar-refractivity contribution in [3.05, 3.63) is 77.0 Å². The van der Waals surface area contributed by atoms with E-state index in [2.05, 4.69) is 10.6 Å². The quantitative estimate of drug-likeness (QED) is 0.376. The normalized spacial score (nSPS) is 11.5. The van der Waals surface area contributed by atoms with E-state index < -0.39 is 17.9 Å². The molecule has 0 radical (unpaired) electrons. The zero-order valence-electron chi connectivity index (χ0n) is 17.7. The Morgan fingerprint density at radius 2 is 1.62 bits per heavy atom. The van der Waals surface area contributed by atoms with Gasteiger partial charge in [0, 0.05) is 5.69 Å². The van der Waals surface area contributed by atoms with Crippen LogP contribution in [0.4, 0.5) is 5.69 Å². The van der Waals surface area contributed by atoms with Gasteiger partial charge in [-0.1, -0.05) is 38.1 Å². The van der Waals surface area contributed by atoms with E-state index in [-0.39, 0.29) is 18.4 Å². The van der Waals surface area contributed by atoms with E-state index >= 15 is 0 Å². The minimum Gasteiger partial charge on any atom is -0.484 e. The fraction of sp³-hybridized carbons (Fsp3) is 0.208. The number of thiophene rings is 1. The molecule has 0 aliphatic rings. The third-order valence-corrected chi connectivity index (χ3v) is 5.29. The van der Waals surface area contributed by atoms with E-state index in [1.54, 1.807) is 60.7 Å². The number of ether oxygens (including phenoxy) is 2. The van der Waals surface area contributed by atoms with Crippen LogP contribution in [0.3, 0.4) is 0 Å². The minimum absolute atomic E-state index is 0.187. The summed E-state index contributed by atoms with van der Waals surface area (Å²) < 4.78 is 10.8. The maximum Gasteiger partial charge on any atom is 0.334 e. The molecule has 2 amide bonds. The second-order valence-electron chi connectivity index (χ2n) is 7.27. The molecule has 8 heteroatoms. The largest absolute Gasteiger partial charge is 0.484 e. The van der Waals surface area contributed by atoms with Gasteiger partial charge in [-0.05, 0) is 53.8 Å². The van der Waals surface area contributed by atoms with Gasteiger partial charge < -0.3 is 20.1 Å². The van der Waals surface area contributed by atoms with Crippen molar-refractivity contribution in [1.82, 2.24) is 5.32 Å². The van der Waals surface area contributed by atoms with E-state index in [9.17, 15) is 14.4 Å². The molecule has 1 aromatic heterocycles. The van der Waals surface area contributed by atoms with Crippen molar-refractivity contribution in [3.63, 3.8) is 0 Å². The van der Waals surface area contributed by atoms with E-state index in [4.69, 9.17) is 9.47 Å². The predicted molar refractivity (Wildman–Crippen MR) is 123 cm³/mol. The van der Waals surface area contributed by atoms with Gasteiger partial charge in [-0.25, -0.2) is 4.79 Å². The van der Waals surface area contributed by atoms with Crippen molar-refractivity contribution < 1.29 is 23.9 Å². The average molecular weight is 453 g/mol. The van der Waals surface area contributed by atoms with Gasteiger partial charge in [0.2, 0.25) is 0 Å². The maximum absolute atomic E-state index is 12.6. The van der Waals surface area contributed by atoms with Gasteiger partial charge in [0.15, 0.2) is 6.61 Å². The lowest BCUT2D eigenvalue weighted by Gasteiger charge is -2.21. The third kappa shape index (κ3) is 6.68. The van der Waals surface area contributed by atoms with Crippen LogP contribution in [0.25, 0.3) is 0 Å². The number of carbonyl (C=O) groups excluding carboxylic acids is 3. The second-order valence-corrected chi connectivity index (χ2v) is 8.22. The molecule has 0 spiro atoms. The lowest BCUT2D eigenvalue weighted by atomic mass is 10.0. The number of anilines is 1. The van der Waals surface area contributed by atoms with Crippen LogP contribution >= 0.6 is 11.3 Å². The van der Waals surface area contributed by atoms with Crippen LogP contribution in [-0.2, 0) is 9.59 Å². The van der Waals surface area contributed by atoms with Crippen LogP contribution < -0.4 is 20.1 Å². The summed E-state index contributed by atoms with van der Waals surface area (Å²) in [5, 5.41) is 7.27. The Balaban J connectivity index is 1.53. The molecular weight excluding hydrogens is 428 g/mol. The smallest absolute Gasteiger partial charge is 0.334 e. The van der Waals surface area contributed by atoms with Gasteiger partial charge in [0.05, 0.1) is 4.88 Å². The summed E-state index contributed by atoms with van der Waals surface area (Å²) in [5.74, 6) is -0.515. The van der Waals surface area contributed by atoms with Gasteiger partial charge in [0.1, 0.15) is 17.5 Å². The van der Waals surface area contributed by atoms with Gasteiger partial charge in [0.25, 0.3) is 11.8 Å². The van der Waals surface area contributed by atoms with Crippen molar-refractivity contribution in [2.24, 2.45) is 5.92 Å². The fourth-order valence-corrected chi connectivity index (χ4v) is 3.38. The SMILES string of the molecule is CC(C)[C@H](NC(=O)COc1ccccc1)C(=O)Oc1ccc(NC(=O)c2cccs2)cc1. The molecule has 166 valence electrons. The molecule has 0 aliphatic carbocycles. The van der Waals surface area contributed by atoms with Crippen molar-refractivity contribution in [2.45, 2.75) is 19.9 Å². The van der Waals surface area contributed by atoms with Gasteiger partial charge in [-0.2, -0.15) is 0 Å². The first-order valence-corrected chi connectivity index (χ1v) is 10.9. The zero-order chi connectivity index (χ0) is 22.9. The zero-order valence-corrected chi connectivity index (χ0v) is 18.6. The molecule has 0 fully saturated rings. The Labute approximate surface area is 190 Å². The van der Waals surface area contributed by atoms with Crippen LogP contribution in [-0.4, -0.2) is 30.4 Å². The summed E-state index contributed by atoms with van der Waals surface area (Å²) in [6.07, 6.45) is 0. The summed E-state index contributed by atoms with van der Waals surface area (Å²) in [4.78, 5) is 37.6. The molecule has 7 nitrogen and oxygen atoms in total. The molecule has 0 unspecified atom stereocenters. The lowest BCUT2D eigenvalue weighted by Crippen LogP contribution is -2.47. The maximum atomic E-state index is 12.6. The minimum atomic E-state index is -0.833. The first-order valence-electron chi connectivity index (χ1n) is 10.1. The molecule has 0 aliphatic heterocycles. The number of esters is 1. The fourth-order valence-electron chi connectivity index (χ4n) is 2.76. The molecule has 1 atom stereocenters. The Morgan fingerprint density at radius 1 is 0.906 bits per heavy atom. The molecule has 0 saturated heterocycles. The summed E-state index contributed by atoms with van der Waals surface area (Å²) >= 11 is 1.35. The van der Waals surface area contributed by atoms with E-state index in [0.717, 1.165) is 0 Å². The molecule has 3 rings (SSSR count). The third-order valence-electron chi connectivity index (χ3n) is 4.43. The van der Waals surface area contributed by atoms with Crippen molar-refractivity contribution in [3.8, 4) is 11.5 Å². The molecule has 32 heavy (non-hydrogen) atoms. The highest BCUT2D eigenvalue weighted by molar-refractivity contribution is 7.12.